The monoisotopic (exact) mass is 367 g/mol. The van der Waals surface area contributed by atoms with Crippen molar-refractivity contribution in [2.45, 2.75) is 39.0 Å². The molecule has 0 fully saturated rings. The molecule has 1 aliphatic rings. The van der Waals surface area contributed by atoms with Gasteiger partial charge in [0, 0.05) is 23.3 Å². The zero-order valence-corrected chi connectivity index (χ0v) is 15.5. The highest BCUT2D eigenvalue weighted by molar-refractivity contribution is 7.15. The number of aromatic nitrogens is 2. The van der Waals surface area contributed by atoms with E-state index in [-0.39, 0.29) is 5.91 Å². The van der Waals surface area contributed by atoms with Gasteiger partial charge in [-0.1, -0.05) is 37.3 Å². The highest BCUT2D eigenvalue weighted by Crippen LogP contribution is 2.32. The maximum Gasteiger partial charge on any atom is 0.226 e. The van der Waals surface area contributed by atoms with Crippen LogP contribution in [0.1, 0.15) is 36.2 Å². The quantitative estimate of drug-likeness (QED) is 0.721. The van der Waals surface area contributed by atoms with Gasteiger partial charge in [-0.2, -0.15) is 0 Å². The number of anilines is 1. The number of nitrogens with one attached hydrogen (secondary N) is 1. The van der Waals surface area contributed by atoms with Crippen LogP contribution < -0.4 is 5.32 Å². The summed E-state index contributed by atoms with van der Waals surface area (Å²) in [6.07, 6.45) is 5.77. The second-order valence-corrected chi connectivity index (χ2v) is 7.85. The van der Waals surface area contributed by atoms with Gasteiger partial charge in [-0.3, -0.25) is 4.79 Å². The number of carbonyl (C=O) groups excluding carboxylic acids is 1. The van der Waals surface area contributed by atoms with E-state index in [1.54, 1.807) is 17.5 Å². The van der Waals surface area contributed by atoms with E-state index >= 15 is 0 Å². The standard InChI is InChI=1S/C20H21N3O2S/c1-13-7-8-15-17(11-13)26-20(22-15)23-18(24)9-10-19-21-12-16(25-19)14-5-3-2-4-6-14/h2-6,12-13H,7-11H2,1H3,(H,22,23,24). The summed E-state index contributed by atoms with van der Waals surface area (Å²) in [6, 6.07) is 9.82. The lowest BCUT2D eigenvalue weighted by atomic mass is 9.93. The Kier molecular flexibility index (Phi) is 4.84. The van der Waals surface area contributed by atoms with Gasteiger partial charge < -0.3 is 9.73 Å². The van der Waals surface area contributed by atoms with Crippen molar-refractivity contribution in [1.82, 2.24) is 9.97 Å². The zero-order chi connectivity index (χ0) is 17.9. The molecule has 6 heteroatoms. The molecule has 0 radical (unpaired) electrons. The number of hydrogen-bond donors (Lipinski definition) is 1. The molecular weight excluding hydrogens is 346 g/mol. The zero-order valence-electron chi connectivity index (χ0n) is 14.7. The molecule has 2 aromatic heterocycles. The molecule has 4 rings (SSSR count). The second kappa shape index (κ2) is 7.41. The summed E-state index contributed by atoms with van der Waals surface area (Å²) in [6.45, 7) is 2.26. The fraction of sp³-hybridized carbons (Fsp3) is 0.350. The predicted octanol–water partition coefficient (Wildman–Crippen LogP) is 4.49. The molecule has 1 unspecified atom stereocenters. The summed E-state index contributed by atoms with van der Waals surface area (Å²) in [5.41, 5.74) is 2.14. The van der Waals surface area contributed by atoms with Crippen LogP contribution in [0.3, 0.4) is 0 Å². The van der Waals surface area contributed by atoms with Crippen LogP contribution in [0.4, 0.5) is 5.13 Å². The number of fused-ring (bicyclic) bond motifs is 1. The topological polar surface area (TPSA) is 68.0 Å². The molecular formula is C20H21N3O2S. The Balaban J connectivity index is 1.33. The van der Waals surface area contributed by atoms with Crippen LogP contribution in [-0.4, -0.2) is 15.9 Å². The van der Waals surface area contributed by atoms with Gasteiger partial charge in [0.1, 0.15) is 0 Å². The molecule has 0 saturated carbocycles. The normalized spacial score (nSPS) is 16.3. The lowest BCUT2D eigenvalue weighted by Gasteiger charge is -2.15. The lowest BCUT2D eigenvalue weighted by Crippen LogP contribution is -2.12. The molecule has 1 aliphatic carbocycles. The average molecular weight is 367 g/mol. The molecule has 0 bridgehead atoms. The molecule has 1 N–H and O–H groups in total. The van der Waals surface area contributed by atoms with Crippen molar-refractivity contribution in [3.05, 3.63) is 53.0 Å². The maximum absolute atomic E-state index is 12.2. The minimum absolute atomic E-state index is 0.0522. The van der Waals surface area contributed by atoms with Gasteiger partial charge >= 0.3 is 0 Å². The van der Waals surface area contributed by atoms with Gasteiger partial charge in [-0.15, -0.1) is 11.3 Å². The number of thiazole rings is 1. The molecule has 0 spiro atoms. The Morgan fingerprint density at radius 2 is 2.19 bits per heavy atom. The minimum Gasteiger partial charge on any atom is -0.441 e. The first-order valence-electron chi connectivity index (χ1n) is 8.96. The highest BCUT2D eigenvalue weighted by atomic mass is 32.1. The van der Waals surface area contributed by atoms with E-state index in [9.17, 15) is 4.79 Å². The third kappa shape index (κ3) is 3.85. The van der Waals surface area contributed by atoms with Gasteiger partial charge in [-0.05, 0) is 25.2 Å². The number of benzene rings is 1. The van der Waals surface area contributed by atoms with E-state index < -0.39 is 0 Å². The van der Waals surface area contributed by atoms with Crippen LogP contribution in [0.5, 0.6) is 0 Å². The van der Waals surface area contributed by atoms with Crippen molar-refractivity contribution >= 4 is 22.4 Å². The average Bonchev–Trinajstić information content (AvgIpc) is 3.27. The number of hydrogen-bond acceptors (Lipinski definition) is 5. The van der Waals surface area contributed by atoms with E-state index in [0.29, 0.717) is 29.8 Å². The van der Waals surface area contributed by atoms with Gasteiger partial charge in [0.05, 0.1) is 11.9 Å². The van der Waals surface area contributed by atoms with Gasteiger partial charge in [0.25, 0.3) is 0 Å². The number of amides is 1. The molecule has 26 heavy (non-hydrogen) atoms. The summed E-state index contributed by atoms with van der Waals surface area (Å²) < 4.78 is 5.74. The van der Waals surface area contributed by atoms with Crippen LogP contribution in [-0.2, 0) is 24.1 Å². The van der Waals surface area contributed by atoms with Crippen molar-refractivity contribution in [3.63, 3.8) is 0 Å². The Labute approximate surface area is 156 Å². The number of oxazole rings is 1. The first kappa shape index (κ1) is 17.0. The van der Waals surface area contributed by atoms with Crippen LogP contribution >= 0.6 is 11.3 Å². The minimum atomic E-state index is -0.0522. The van der Waals surface area contributed by atoms with Crippen molar-refractivity contribution in [2.75, 3.05) is 5.32 Å². The second-order valence-electron chi connectivity index (χ2n) is 6.77. The summed E-state index contributed by atoms with van der Waals surface area (Å²) >= 11 is 1.61. The Morgan fingerprint density at radius 1 is 1.35 bits per heavy atom. The smallest absolute Gasteiger partial charge is 0.226 e. The summed E-state index contributed by atoms with van der Waals surface area (Å²) in [5, 5.41) is 3.64. The van der Waals surface area contributed by atoms with E-state index in [2.05, 4.69) is 22.2 Å². The number of rotatable bonds is 5. The van der Waals surface area contributed by atoms with E-state index in [0.717, 1.165) is 29.9 Å². The lowest BCUT2D eigenvalue weighted by molar-refractivity contribution is -0.116. The summed E-state index contributed by atoms with van der Waals surface area (Å²) in [5.74, 6) is 1.95. The number of aryl methyl sites for hydroxylation is 2. The number of carbonyl (C=O) groups is 1. The molecule has 2 heterocycles. The molecule has 1 amide bonds. The molecule has 0 aliphatic heterocycles. The van der Waals surface area contributed by atoms with Crippen LogP contribution in [0.2, 0.25) is 0 Å². The van der Waals surface area contributed by atoms with Crippen molar-refractivity contribution < 1.29 is 9.21 Å². The molecule has 3 aromatic rings. The summed E-state index contributed by atoms with van der Waals surface area (Å²) in [7, 11) is 0. The third-order valence-electron chi connectivity index (χ3n) is 4.61. The first-order chi connectivity index (χ1) is 12.7. The summed E-state index contributed by atoms with van der Waals surface area (Å²) in [4.78, 5) is 22.4. The van der Waals surface area contributed by atoms with Gasteiger partial charge in [0.15, 0.2) is 16.8 Å². The van der Waals surface area contributed by atoms with E-state index in [1.165, 1.54) is 11.3 Å². The van der Waals surface area contributed by atoms with Gasteiger partial charge in [-0.25, -0.2) is 9.97 Å². The van der Waals surface area contributed by atoms with Crippen molar-refractivity contribution in [2.24, 2.45) is 5.92 Å². The largest absolute Gasteiger partial charge is 0.441 e. The highest BCUT2D eigenvalue weighted by Gasteiger charge is 2.20. The maximum atomic E-state index is 12.2. The fourth-order valence-electron chi connectivity index (χ4n) is 3.16. The predicted molar refractivity (Wildman–Crippen MR) is 102 cm³/mol. The fourth-order valence-corrected chi connectivity index (χ4v) is 4.34. The van der Waals surface area contributed by atoms with E-state index in [4.69, 9.17) is 4.42 Å². The SMILES string of the molecule is CC1CCc2nc(NC(=O)CCc3ncc(-c4ccccc4)o3)sc2C1. The van der Waals surface area contributed by atoms with Crippen LogP contribution in [0.15, 0.2) is 40.9 Å². The van der Waals surface area contributed by atoms with Gasteiger partial charge in [0.2, 0.25) is 5.91 Å². The van der Waals surface area contributed by atoms with Crippen LogP contribution in [0, 0.1) is 5.92 Å². The first-order valence-corrected chi connectivity index (χ1v) is 9.77. The Hall–Kier alpha value is -2.47. The van der Waals surface area contributed by atoms with E-state index in [1.807, 2.05) is 30.3 Å². The Morgan fingerprint density at radius 3 is 3.04 bits per heavy atom. The van der Waals surface area contributed by atoms with Crippen molar-refractivity contribution in [3.8, 4) is 11.3 Å². The van der Waals surface area contributed by atoms with Crippen molar-refractivity contribution in [1.29, 1.82) is 0 Å². The molecule has 1 aromatic carbocycles. The van der Waals surface area contributed by atoms with Crippen LogP contribution in [0.25, 0.3) is 11.3 Å². The third-order valence-corrected chi connectivity index (χ3v) is 5.65. The Bertz CT molecular complexity index is 901. The molecule has 0 saturated heterocycles. The molecule has 5 nitrogen and oxygen atoms in total. The molecule has 134 valence electrons. The number of nitrogens with zero attached hydrogens (tertiary/aromatic N) is 2. The molecule has 1 atom stereocenters.